The fourth-order valence-corrected chi connectivity index (χ4v) is 4.45. The van der Waals surface area contributed by atoms with Crippen molar-refractivity contribution >= 4 is 21.6 Å². The van der Waals surface area contributed by atoms with Crippen LogP contribution in [0.1, 0.15) is 28.4 Å². The highest BCUT2D eigenvalue weighted by molar-refractivity contribution is 7.89. The summed E-state index contributed by atoms with van der Waals surface area (Å²) >= 11 is 0. The Morgan fingerprint density at radius 3 is 2.26 bits per heavy atom. The van der Waals surface area contributed by atoms with E-state index < -0.39 is 27.7 Å². The van der Waals surface area contributed by atoms with Gasteiger partial charge < -0.3 is 5.32 Å². The zero-order valence-electron chi connectivity index (χ0n) is 17.0. The Bertz CT molecular complexity index is 1020. The summed E-state index contributed by atoms with van der Waals surface area (Å²) in [5.41, 5.74) is 0.785. The highest BCUT2D eigenvalue weighted by Gasteiger charge is 2.30. The van der Waals surface area contributed by atoms with E-state index in [-0.39, 0.29) is 11.4 Å². The van der Waals surface area contributed by atoms with Crippen LogP contribution in [0.5, 0.6) is 0 Å². The van der Waals surface area contributed by atoms with Crippen molar-refractivity contribution in [2.24, 2.45) is 0 Å². The van der Waals surface area contributed by atoms with Gasteiger partial charge in [-0.3, -0.25) is 9.69 Å². The average molecular weight is 456 g/mol. The molecule has 1 aliphatic heterocycles. The van der Waals surface area contributed by atoms with E-state index in [4.69, 9.17) is 0 Å². The van der Waals surface area contributed by atoms with E-state index in [0.717, 1.165) is 17.7 Å². The number of halogens is 3. The lowest BCUT2D eigenvalue weighted by atomic mass is 10.1. The second kappa shape index (κ2) is 9.37. The summed E-state index contributed by atoms with van der Waals surface area (Å²) in [6.07, 6.45) is -4.43. The number of hydrogen-bond acceptors (Lipinski definition) is 4. The molecule has 3 rings (SSSR count). The van der Waals surface area contributed by atoms with Gasteiger partial charge in [-0.05, 0) is 48.9 Å². The van der Waals surface area contributed by atoms with E-state index in [2.05, 4.69) is 10.2 Å². The number of alkyl halides is 3. The van der Waals surface area contributed by atoms with E-state index in [0.29, 0.717) is 38.3 Å². The van der Waals surface area contributed by atoms with Crippen LogP contribution in [-0.4, -0.2) is 55.5 Å². The van der Waals surface area contributed by atoms with E-state index in [1.807, 2.05) is 6.07 Å². The Labute approximate surface area is 179 Å². The molecule has 2 aromatic carbocycles. The third kappa shape index (κ3) is 6.05. The van der Waals surface area contributed by atoms with Crippen LogP contribution in [0.25, 0.3) is 0 Å². The monoisotopic (exact) mass is 455 g/mol. The van der Waals surface area contributed by atoms with Crippen LogP contribution in [-0.2, 0) is 22.7 Å². The lowest BCUT2D eigenvalue weighted by molar-refractivity contribution is -0.137. The Balaban J connectivity index is 1.59. The third-order valence-corrected chi connectivity index (χ3v) is 7.04. The maximum atomic E-state index is 12.7. The molecule has 0 aliphatic carbocycles. The first-order valence-corrected chi connectivity index (χ1v) is 11.5. The minimum Gasteiger partial charge on any atom is -0.322 e. The molecule has 2 aromatic rings. The number of sulfonamides is 1. The maximum Gasteiger partial charge on any atom is 0.416 e. The molecule has 6 nitrogen and oxygen atoms in total. The van der Waals surface area contributed by atoms with Gasteiger partial charge in [0.25, 0.3) is 5.91 Å². The smallest absolute Gasteiger partial charge is 0.322 e. The van der Waals surface area contributed by atoms with Gasteiger partial charge in [-0.1, -0.05) is 12.1 Å². The van der Waals surface area contributed by atoms with Crippen LogP contribution in [0, 0.1) is 0 Å². The summed E-state index contributed by atoms with van der Waals surface area (Å²) in [5, 5.41) is 2.60. The number of hydrogen-bond donors (Lipinski definition) is 1. The lowest BCUT2D eigenvalue weighted by Crippen LogP contribution is -2.48. The molecule has 0 aromatic heterocycles. The van der Waals surface area contributed by atoms with Gasteiger partial charge in [-0.2, -0.15) is 17.5 Å². The largest absolute Gasteiger partial charge is 0.416 e. The highest BCUT2D eigenvalue weighted by Crippen LogP contribution is 2.29. The van der Waals surface area contributed by atoms with Gasteiger partial charge in [0.1, 0.15) is 0 Å². The molecule has 1 fully saturated rings. The molecule has 0 radical (unpaired) electrons. The van der Waals surface area contributed by atoms with Crippen molar-refractivity contribution in [2.75, 3.05) is 37.2 Å². The van der Waals surface area contributed by atoms with Crippen molar-refractivity contribution in [3.05, 3.63) is 65.2 Å². The number of piperazine rings is 1. The van der Waals surface area contributed by atoms with Crippen molar-refractivity contribution in [3.63, 3.8) is 0 Å². The van der Waals surface area contributed by atoms with Gasteiger partial charge in [-0.15, -0.1) is 0 Å². The zero-order chi connectivity index (χ0) is 22.6. The summed E-state index contributed by atoms with van der Waals surface area (Å²) < 4.78 is 63.4. The maximum absolute atomic E-state index is 12.7. The average Bonchev–Trinajstić information content (AvgIpc) is 2.74. The van der Waals surface area contributed by atoms with Crippen LogP contribution < -0.4 is 5.32 Å². The predicted octanol–water partition coefficient (Wildman–Crippen LogP) is 3.43. The second-order valence-electron chi connectivity index (χ2n) is 7.31. The van der Waals surface area contributed by atoms with Crippen LogP contribution in [0.3, 0.4) is 0 Å². The number of rotatable bonds is 6. The first-order chi connectivity index (χ1) is 14.6. The highest BCUT2D eigenvalue weighted by atomic mass is 32.2. The number of anilines is 1. The van der Waals surface area contributed by atoms with Crippen molar-refractivity contribution in [1.29, 1.82) is 0 Å². The lowest BCUT2D eigenvalue weighted by Gasteiger charge is -2.33. The van der Waals surface area contributed by atoms with Gasteiger partial charge >= 0.3 is 6.18 Å². The van der Waals surface area contributed by atoms with E-state index in [9.17, 15) is 26.4 Å². The number of amides is 1. The molecular formula is C21H24F3N3O3S. The van der Waals surface area contributed by atoms with Gasteiger partial charge in [-0.25, -0.2) is 8.42 Å². The normalized spacial score (nSPS) is 16.3. The Morgan fingerprint density at radius 1 is 1.03 bits per heavy atom. The summed E-state index contributed by atoms with van der Waals surface area (Å²) in [7, 11) is -3.18. The van der Waals surface area contributed by atoms with Crippen molar-refractivity contribution in [1.82, 2.24) is 9.21 Å². The molecule has 0 atom stereocenters. The first kappa shape index (κ1) is 23.2. The summed E-state index contributed by atoms with van der Waals surface area (Å²) in [4.78, 5) is 14.6. The number of carbonyl (C=O) groups is 1. The fourth-order valence-electron chi connectivity index (χ4n) is 3.36. The standard InChI is InChI=1S/C21H24F3N3O3S/c1-2-31(29,30)27-12-10-26(11-13-27)15-16-4-3-5-17(14-16)20(28)25-19-8-6-18(7-9-19)21(22,23)24/h3-9,14H,2,10-13,15H2,1H3,(H,25,28). The second-order valence-corrected chi connectivity index (χ2v) is 9.56. The molecule has 1 N–H and O–H groups in total. The van der Waals surface area contributed by atoms with Gasteiger partial charge in [0.15, 0.2) is 0 Å². The van der Waals surface area contributed by atoms with Crippen molar-refractivity contribution in [2.45, 2.75) is 19.6 Å². The SMILES string of the molecule is CCS(=O)(=O)N1CCN(Cc2cccc(C(=O)Nc3ccc(C(F)(F)F)cc3)c2)CC1. The van der Waals surface area contributed by atoms with Crippen LogP contribution >= 0.6 is 0 Å². The molecule has 1 amide bonds. The number of nitrogens with one attached hydrogen (secondary N) is 1. The van der Waals surface area contributed by atoms with Crippen molar-refractivity contribution in [3.8, 4) is 0 Å². The first-order valence-electron chi connectivity index (χ1n) is 9.86. The summed E-state index contributed by atoms with van der Waals surface area (Å²) in [6.45, 7) is 4.27. The van der Waals surface area contributed by atoms with E-state index >= 15 is 0 Å². The molecule has 31 heavy (non-hydrogen) atoms. The third-order valence-electron chi connectivity index (χ3n) is 5.15. The molecule has 0 bridgehead atoms. The minimum atomic E-state index is -4.43. The van der Waals surface area contributed by atoms with Crippen LogP contribution in [0.15, 0.2) is 48.5 Å². The summed E-state index contributed by atoms with van der Waals surface area (Å²) in [5.74, 6) is -0.330. The molecule has 0 unspecified atom stereocenters. The number of nitrogens with zero attached hydrogens (tertiary/aromatic N) is 2. The molecule has 10 heteroatoms. The summed E-state index contributed by atoms with van der Waals surface area (Å²) in [6, 6.07) is 11.3. The molecule has 1 aliphatic rings. The minimum absolute atomic E-state index is 0.0864. The molecule has 1 saturated heterocycles. The van der Waals surface area contributed by atoms with Gasteiger partial charge in [0, 0.05) is 44.0 Å². The quantitative estimate of drug-likeness (QED) is 0.725. The predicted molar refractivity (Wildman–Crippen MR) is 112 cm³/mol. The van der Waals surface area contributed by atoms with Crippen molar-refractivity contribution < 1.29 is 26.4 Å². The van der Waals surface area contributed by atoms with E-state index in [1.54, 1.807) is 25.1 Å². The molecule has 168 valence electrons. The van der Waals surface area contributed by atoms with Gasteiger partial charge in [0.05, 0.1) is 11.3 Å². The van der Waals surface area contributed by atoms with Gasteiger partial charge in [0.2, 0.25) is 10.0 Å². The number of carbonyl (C=O) groups excluding carboxylic acids is 1. The van der Waals surface area contributed by atoms with Crippen LogP contribution in [0.4, 0.5) is 18.9 Å². The Hall–Kier alpha value is -2.43. The molecule has 1 heterocycles. The topological polar surface area (TPSA) is 69.7 Å². The number of benzene rings is 2. The molecular weight excluding hydrogens is 431 g/mol. The zero-order valence-corrected chi connectivity index (χ0v) is 17.8. The van der Waals surface area contributed by atoms with E-state index in [1.165, 1.54) is 16.4 Å². The molecule has 0 saturated carbocycles. The Morgan fingerprint density at radius 2 is 1.68 bits per heavy atom. The molecule has 0 spiro atoms. The fraction of sp³-hybridized carbons (Fsp3) is 0.381. The Kier molecular flexibility index (Phi) is 7.03. The van der Waals surface area contributed by atoms with Crippen LogP contribution in [0.2, 0.25) is 0 Å².